The van der Waals surface area contributed by atoms with Gasteiger partial charge in [0.2, 0.25) is 5.91 Å². The normalized spacial score (nSPS) is 28.7. The molecule has 2 aliphatic rings. The number of hydrogen-bond donors (Lipinski definition) is 1. The Balaban J connectivity index is 1.68. The van der Waals surface area contributed by atoms with Gasteiger partial charge in [-0.05, 0) is 25.2 Å². The highest BCUT2D eigenvalue weighted by molar-refractivity contribution is 5.79. The summed E-state index contributed by atoms with van der Waals surface area (Å²) < 4.78 is 4.91. The highest BCUT2D eigenvalue weighted by Gasteiger charge is 2.39. The summed E-state index contributed by atoms with van der Waals surface area (Å²) in [5.74, 6) is 1.05. The van der Waals surface area contributed by atoms with Crippen molar-refractivity contribution < 1.29 is 9.53 Å². The van der Waals surface area contributed by atoms with E-state index in [4.69, 9.17) is 4.74 Å². The third-order valence-corrected chi connectivity index (χ3v) is 3.49. The molecule has 0 aromatic carbocycles. The average Bonchev–Trinajstić information content (AvgIpc) is 2.85. The number of ether oxygens (including phenoxy) is 1. The molecule has 1 aliphatic carbocycles. The lowest BCUT2D eigenvalue weighted by Crippen LogP contribution is -2.43. The molecule has 1 heterocycles. The van der Waals surface area contributed by atoms with Gasteiger partial charge in [0.05, 0.1) is 13.2 Å². The van der Waals surface area contributed by atoms with Gasteiger partial charge >= 0.3 is 0 Å². The summed E-state index contributed by atoms with van der Waals surface area (Å²) in [6.45, 7) is 2.88. The highest BCUT2D eigenvalue weighted by Crippen LogP contribution is 2.37. The lowest BCUT2D eigenvalue weighted by Gasteiger charge is -2.27. The minimum absolute atomic E-state index is 0.262. The van der Waals surface area contributed by atoms with E-state index in [-0.39, 0.29) is 5.91 Å². The lowest BCUT2D eigenvalue weighted by atomic mass is 10.1. The number of piperidine rings is 1. The average molecular weight is 212 g/mol. The minimum Gasteiger partial charge on any atom is -0.383 e. The van der Waals surface area contributed by atoms with Crippen molar-refractivity contribution in [1.82, 2.24) is 10.2 Å². The zero-order valence-corrected chi connectivity index (χ0v) is 9.37. The van der Waals surface area contributed by atoms with Crippen molar-refractivity contribution in [2.45, 2.75) is 25.3 Å². The Kier molecular flexibility index (Phi) is 3.59. The fourth-order valence-corrected chi connectivity index (χ4v) is 2.70. The number of methoxy groups -OCH3 is 1. The third kappa shape index (κ3) is 2.49. The van der Waals surface area contributed by atoms with E-state index < -0.39 is 0 Å². The first-order valence-corrected chi connectivity index (χ1v) is 5.80. The van der Waals surface area contributed by atoms with Crippen LogP contribution in [0, 0.1) is 5.92 Å². The number of fused-ring (bicyclic) bond motifs is 2. The van der Waals surface area contributed by atoms with E-state index in [0.717, 1.165) is 19.0 Å². The molecule has 2 rings (SSSR count). The van der Waals surface area contributed by atoms with Crippen LogP contribution in [0.15, 0.2) is 0 Å². The maximum atomic E-state index is 11.8. The van der Waals surface area contributed by atoms with Crippen LogP contribution in [0.2, 0.25) is 0 Å². The second-order valence-corrected chi connectivity index (χ2v) is 4.55. The molecule has 1 saturated heterocycles. The van der Waals surface area contributed by atoms with Crippen LogP contribution in [0.3, 0.4) is 0 Å². The first-order valence-electron chi connectivity index (χ1n) is 5.80. The number of carbonyl (C=O) groups is 1. The van der Waals surface area contributed by atoms with Crippen LogP contribution in [0.25, 0.3) is 0 Å². The van der Waals surface area contributed by atoms with Gasteiger partial charge in [0.1, 0.15) is 0 Å². The van der Waals surface area contributed by atoms with E-state index in [2.05, 4.69) is 10.2 Å². The van der Waals surface area contributed by atoms with Crippen LogP contribution in [-0.4, -0.2) is 50.2 Å². The molecule has 4 nitrogen and oxygen atoms in total. The molecule has 2 atom stereocenters. The van der Waals surface area contributed by atoms with Gasteiger partial charge in [0.25, 0.3) is 0 Å². The molecule has 1 aliphatic heterocycles. The molecule has 0 radical (unpaired) electrons. The number of hydrogen-bond acceptors (Lipinski definition) is 3. The fourth-order valence-electron chi connectivity index (χ4n) is 2.70. The largest absolute Gasteiger partial charge is 0.383 e. The van der Waals surface area contributed by atoms with Gasteiger partial charge in [-0.1, -0.05) is 0 Å². The van der Waals surface area contributed by atoms with Crippen molar-refractivity contribution in [3.63, 3.8) is 0 Å². The first-order chi connectivity index (χ1) is 7.31. The van der Waals surface area contributed by atoms with Crippen molar-refractivity contribution >= 4 is 5.91 Å². The van der Waals surface area contributed by atoms with Gasteiger partial charge in [-0.15, -0.1) is 0 Å². The monoisotopic (exact) mass is 212 g/mol. The lowest BCUT2D eigenvalue weighted by molar-refractivity contribution is -0.131. The predicted octanol–water partition coefficient (Wildman–Crippen LogP) is 0.233. The van der Waals surface area contributed by atoms with Gasteiger partial charge in [-0.3, -0.25) is 4.79 Å². The number of likely N-dealkylation sites (tertiary alicyclic amines) is 1. The van der Waals surface area contributed by atoms with E-state index in [1.165, 1.54) is 19.3 Å². The fraction of sp³-hybridized carbons (Fsp3) is 0.909. The SMILES string of the molecule is COCCNCC(=O)N1CC2CCC1C2. The molecule has 4 heteroatoms. The molecule has 2 unspecified atom stereocenters. The summed E-state index contributed by atoms with van der Waals surface area (Å²) in [4.78, 5) is 13.9. The van der Waals surface area contributed by atoms with E-state index in [1.54, 1.807) is 7.11 Å². The van der Waals surface area contributed by atoms with E-state index in [0.29, 0.717) is 19.2 Å². The smallest absolute Gasteiger partial charge is 0.236 e. The Labute approximate surface area is 91.0 Å². The van der Waals surface area contributed by atoms with Crippen molar-refractivity contribution in [3.8, 4) is 0 Å². The molecule has 1 amide bonds. The van der Waals surface area contributed by atoms with Crippen LogP contribution < -0.4 is 5.32 Å². The van der Waals surface area contributed by atoms with Crippen LogP contribution in [0.5, 0.6) is 0 Å². The molecule has 2 bridgehead atoms. The molecule has 86 valence electrons. The maximum absolute atomic E-state index is 11.8. The molecule has 0 aromatic rings. The summed E-state index contributed by atoms with van der Waals surface area (Å²) in [6, 6.07) is 0.548. The molecular formula is C11H20N2O2. The second-order valence-electron chi connectivity index (χ2n) is 4.55. The van der Waals surface area contributed by atoms with Crippen LogP contribution in [0.4, 0.5) is 0 Å². The summed E-state index contributed by atoms with van der Waals surface area (Å²) in [5.41, 5.74) is 0. The Morgan fingerprint density at radius 1 is 1.53 bits per heavy atom. The summed E-state index contributed by atoms with van der Waals surface area (Å²) >= 11 is 0. The van der Waals surface area contributed by atoms with Gasteiger partial charge in [0.15, 0.2) is 0 Å². The summed E-state index contributed by atoms with van der Waals surface area (Å²) in [6.07, 6.45) is 3.78. The van der Waals surface area contributed by atoms with Gasteiger partial charge in [0, 0.05) is 26.2 Å². The second kappa shape index (κ2) is 4.94. The molecule has 0 aromatic heterocycles. The van der Waals surface area contributed by atoms with Gasteiger partial charge < -0.3 is 15.0 Å². The van der Waals surface area contributed by atoms with Crippen LogP contribution >= 0.6 is 0 Å². The number of carbonyl (C=O) groups excluding carboxylic acids is 1. The number of amides is 1. The Morgan fingerprint density at radius 2 is 2.40 bits per heavy atom. The topological polar surface area (TPSA) is 41.6 Å². The van der Waals surface area contributed by atoms with Crippen molar-refractivity contribution in [2.75, 3.05) is 33.4 Å². The molecule has 1 saturated carbocycles. The zero-order chi connectivity index (χ0) is 10.7. The summed E-state index contributed by atoms with van der Waals surface area (Å²) in [5, 5.41) is 3.11. The Morgan fingerprint density at radius 3 is 3.00 bits per heavy atom. The summed E-state index contributed by atoms with van der Waals surface area (Å²) in [7, 11) is 1.67. The van der Waals surface area contributed by atoms with Gasteiger partial charge in [-0.2, -0.15) is 0 Å². The van der Waals surface area contributed by atoms with Crippen LogP contribution in [-0.2, 0) is 9.53 Å². The van der Waals surface area contributed by atoms with E-state index in [1.807, 2.05) is 0 Å². The maximum Gasteiger partial charge on any atom is 0.236 e. The standard InChI is InChI=1S/C11H20N2O2/c1-15-5-4-12-7-11(14)13-8-9-2-3-10(13)6-9/h9-10,12H,2-8H2,1H3. The number of rotatable bonds is 5. The van der Waals surface area contributed by atoms with E-state index in [9.17, 15) is 4.79 Å². The van der Waals surface area contributed by atoms with Crippen LogP contribution in [0.1, 0.15) is 19.3 Å². The molecule has 1 N–H and O–H groups in total. The molecule has 0 spiro atoms. The number of nitrogens with one attached hydrogen (secondary N) is 1. The third-order valence-electron chi connectivity index (χ3n) is 3.49. The molecule has 15 heavy (non-hydrogen) atoms. The number of nitrogens with zero attached hydrogens (tertiary/aromatic N) is 1. The Bertz CT molecular complexity index is 233. The van der Waals surface area contributed by atoms with Gasteiger partial charge in [-0.25, -0.2) is 0 Å². The molecular weight excluding hydrogens is 192 g/mol. The Hall–Kier alpha value is -0.610. The highest BCUT2D eigenvalue weighted by atomic mass is 16.5. The zero-order valence-electron chi connectivity index (χ0n) is 9.37. The predicted molar refractivity (Wildman–Crippen MR) is 57.6 cm³/mol. The quantitative estimate of drug-likeness (QED) is 0.663. The van der Waals surface area contributed by atoms with Crippen molar-refractivity contribution in [3.05, 3.63) is 0 Å². The van der Waals surface area contributed by atoms with Crippen molar-refractivity contribution in [2.24, 2.45) is 5.92 Å². The van der Waals surface area contributed by atoms with Crippen molar-refractivity contribution in [1.29, 1.82) is 0 Å². The van der Waals surface area contributed by atoms with E-state index >= 15 is 0 Å². The minimum atomic E-state index is 0.262. The molecule has 2 fully saturated rings. The first kappa shape index (κ1) is 10.9.